The van der Waals surface area contributed by atoms with E-state index in [4.69, 9.17) is 5.73 Å². The Bertz CT molecular complexity index is 521. The molecule has 0 atom stereocenters. The fourth-order valence-electron chi connectivity index (χ4n) is 1.81. The number of benzene rings is 1. The normalized spacial score (nSPS) is 10.9. The number of fused-ring (bicyclic) bond motifs is 1. The second kappa shape index (κ2) is 3.50. The molecule has 2 rings (SSSR count). The highest BCUT2D eigenvalue weighted by Crippen LogP contribution is 2.25. The maximum atomic E-state index is 13.2. The molecule has 1 aromatic carbocycles. The van der Waals surface area contributed by atoms with Crippen LogP contribution in [0.5, 0.6) is 0 Å². The molecule has 0 bridgehead atoms. The van der Waals surface area contributed by atoms with E-state index in [1.165, 1.54) is 12.1 Å². The molecule has 2 N–H and O–H groups in total. The number of hydrogen-bond donors (Lipinski definition) is 1. The average Bonchev–Trinajstić information content (AvgIpc) is 2.15. The summed E-state index contributed by atoms with van der Waals surface area (Å²) in [6.07, 6.45) is 0.801. The summed E-state index contributed by atoms with van der Waals surface area (Å²) in [5.74, 6) is -0.264. The molecule has 0 saturated heterocycles. The van der Waals surface area contributed by atoms with Crippen molar-refractivity contribution >= 4 is 16.6 Å². The number of nitrogen functional groups attached to an aromatic ring is 1. The van der Waals surface area contributed by atoms with Gasteiger partial charge in [-0.1, -0.05) is 6.92 Å². The minimum atomic E-state index is -0.264. The first kappa shape index (κ1) is 9.90. The van der Waals surface area contributed by atoms with Gasteiger partial charge in [0.05, 0.1) is 5.52 Å². The van der Waals surface area contributed by atoms with Crippen LogP contribution < -0.4 is 5.73 Å². The monoisotopic (exact) mass is 204 g/mol. The molecule has 1 aromatic heterocycles. The Morgan fingerprint density at radius 3 is 2.73 bits per heavy atom. The van der Waals surface area contributed by atoms with Gasteiger partial charge in [0.2, 0.25) is 0 Å². The number of halogens is 1. The Morgan fingerprint density at radius 2 is 2.07 bits per heavy atom. The molecule has 0 aliphatic rings. The maximum absolute atomic E-state index is 13.2. The Morgan fingerprint density at radius 1 is 1.33 bits per heavy atom. The fourth-order valence-corrected chi connectivity index (χ4v) is 1.81. The number of anilines is 1. The summed E-state index contributed by atoms with van der Waals surface area (Å²) in [5, 5.41) is 0.855. The molecule has 2 nitrogen and oxygen atoms in total. The molecule has 78 valence electrons. The standard InChI is InChI=1S/C12H13FN2/c1-3-9-6-10(14)12-7(2)4-8(13)5-11(12)15-9/h4-6H,3H2,1-2H3,(H2,14,15). The number of aromatic nitrogens is 1. The zero-order chi connectivity index (χ0) is 11.0. The zero-order valence-corrected chi connectivity index (χ0v) is 8.84. The highest BCUT2D eigenvalue weighted by Gasteiger charge is 2.07. The highest BCUT2D eigenvalue weighted by atomic mass is 19.1. The number of nitrogens with two attached hydrogens (primary N) is 1. The molecule has 15 heavy (non-hydrogen) atoms. The SMILES string of the molecule is CCc1cc(N)c2c(C)cc(F)cc2n1. The largest absolute Gasteiger partial charge is 0.398 e. The number of nitrogens with zero attached hydrogens (tertiary/aromatic N) is 1. The van der Waals surface area contributed by atoms with Crippen molar-refractivity contribution in [3.8, 4) is 0 Å². The van der Waals surface area contributed by atoms with Crippen molar-refractivity contribution in [1.82, 2.24) is 4.98 Å². The van der Waals surface area contributed by atoms with Crippen molar-refractivity contribution < 1.29 is 4.39 Å². The molecule has 0 fully saturated rings. The number of hydrogen-bond acceptors (Lipinski definition) is 2. The van der Waals surface area contributed by atoms with E-state index in [9.17, 15) is 4.39 Å². The lowest BCUT2D eigenvalue weighted by Crippen LogP contribution is -1.97. The summed E-state index contributed by atoms with van der Waals surface area (Å²) in [6.45, 7) is 3.84. The van der Waals surface area contributed by atoms with E-state index < -0.39 is 0 Å². The molecule has 0 unspecified atom stereocenters. The van der Waals surface area contributed by atoms with E-state index >= 15 is 0 Å². The molecule has 0 amide bonds. The van der Waals surface area contributed by atoms with Gasteiger partial charge >= 0.3 is 0 Å². The number of aryl methyl sites for hydroxylation is 2. The molecule has 0 radical (unpaired) electrons. The number of pyridine rings is 1. The lowest BCUT2D eigenvalue weighted by atomic mass is 10.1. The first-order valence-corrected chi connectivity index (χ1v) is 4.97. The quantitative estimate of drug-likeness (QED) is 0.775. The summed E-state index contributed by atoms with van der Waals surface area (Å²) in [4.78, 5) is 4.36. The zero-order valence-electron chi connectivity index (χ0n) is 8.84. The lowest BCUT2D eigenvalue weighted by Gasteiger charge is -2.07. The third kappa shape index (κ3) is 1.65. The van der Waals surface area contributed by atoms with Crippen LogP contribution in [0.4, 0.5) is 10.1 Å². The van der Waals surface area contributed by atoms with Gasteiger partial charge in [0.15, 0.2) is 0 Å². The molecule has 2 aromatic rings. The van der Waals surface area contributed by atoms with Gasteiger partial charge < -0.3 is 5.73 Å². The van der Waals surface area contributed by atoms with Crippen LogP contribution in [0.1, 0.15) is 18.2 Å². The van der Waals surface area contributed by atoms with Gasteiger partial charge in [-0.3, -0.25) is 4.98 Å². The first-order valence-electron chi connectivity index (χ1n) is 4.97. The van der Waals surface area contributed by atoms with Crippen molar-refractivity contribution in [2.75, 3.05) is 5.73 Å². The summed E-state index contributed by atoms with van der Waals surface area (Å²) >= 11 is 0. The van der Waals surface area contributed by atoms with Gasteiger partial charge in [-0.25, -0.2) is 4.39 Å². The highest BCUT2D eigenvalue weighted by molar-refractivity contribution is 5.93. The van der Waals surface area contributed by atoms with Crippen molar-refractivity contribution in [1.29, 1.82) is 0 Å². The van der Waals surface area contributed by atoms with Gasteiger partial charge in [0.25, 0.3) is 0 Å². The van der Waals surface area contributed by atoms with Crippen molar-refractivity contribution in [3.05, 3.63) is 35.3 Å². The molecule has 0 saturated carbocycles. The van der Waals surface area contributed by atoms with E-state index in [-0.39, 0.29) is 5.82 Å². The average molecular weight is 204 g/mol. The van der Waals surface area contributed by atoms with Crippen LogP contribution in [0, 0.1) is 12.7 Å². The third-order valence-electron chi connectivity index (χ3n) is 2.52. The number of rotatable bonds is 1. The Kier molecular flexibility index (Phi) is 2.31. The second-order valence-electron chi connectivity index (χ2n) is 3.67. The smallest absolute Gasteiger partial charge is 0.125 e. The Hall–Kier alpha value is -1.64. The minimum Gasteiger partial charge on any atom is -0.398 e. The second-order valence-corrected chi connectivity index (χ2v) is 3.67. The van der Waals surface area contributed by atoms with Gasteiger partial charge in [-0.2, -0.15) is 0 Å². The van der Waals surface area contributed by atoms with Crippen LogP contribution in [0.15, 0.2) is 18.2 Å². The summed E-state index contributed by atoms with van der Waals surface area (Å²) in [5.41, 5.74) is 8.96. The Labute approximate surface area is 87.9 Å². The van der Waals surface area contributed by atoms with Crippen LogP contribution in [-0.4, -0.2) is 4.98 Å². The predicted molar refractivity (Wildman–Crippen MR) is 60.2 cm³/mol. The molecule has 0 aliphatic heterocycles. The van der Waals surface area contributed by atoms with E-state index in [1.807, 2.05) is 19.9 Å². The van der Waals surface area contributed by atoms with Gasteiger partial charge in [-0.15, -0.1) is 0 Å². The molecule has 0 aliphatic carbocycles. The summed E-state index contributed by atoms with van der Waals surface area (Å²) in [6, 6.07) is 4.76. The van der Waals surface area contributed by atoms with E-state index in [0.717, 1.165) is 23.1 Å². The van der Waals surface area contributed by atoms with Gasteiger partial charge in [0, 0.05) is 22.8 Å². The molecular formula is C12H13FN2. The van der Waals surface area contributed by atoms with Crippen LogP contribution in [0.3, 0.4) is 0 Å². The van der Waals surface area contributed by atoms with Crippen molar-refractivity contribution in [2.24, 2.45) is 0 Å². The van der Waals surface area contributed by atoms with E-state index in [1.54, 1.807) is 0 Å². The topological polar surface area (TPSA) is 38.9 Å². The van der Waals surface area contributed by atoms with Crippen molar-refractivity contribution in [2.45, 2.75) is 20.3 Å². The van der Waals surface area contributed by atoms with E-state index in [0.29, 0.717) is 11.2 Å². The summed E-state index contributed by atoms with van der Waals surface area (Å²) in [7, 11) is 0. The molecule has 1 heterocycles. The van der Waals surface area contributed by atoms with Gasteiger partial charge in [-0.05, 0) is 31.0 Å². The van der Waals surface area contributed by atoms with Crippen molar-refractivity contribution in [3.63, 3.8) is 0 Å². The molecule has 0 spiro atoms. The third-order valence-corrected chi connectivity index (χ3v) is 2.52. The molecular weight excluding hydrogens is 191 g/mol. The molecule has 3 heteroatoms. The van der Waals surface area contributed by atoms with Crippen LogP contribution in [0.25, 0.3) is 10.9 Å². The fraction of sp³-hybridized carbons (Fsp3) is 0.250. The van der Waals surface area contributed by atoms with Crippen LogP contribution in [0.2, 0.25) is 0 Å². The first-order chi connectivity index (χ1) is 7.11. The Balaban J connectivity index is 2.85. The summed E-state index contributed by atoms with van der Waals surface area (Å²) < 4.78 is 13.2. The van der Waals surface area contributed by atoms with Crippen LogP contribution in [-0.2, 0) is 6.42 Å². The predicted octanol–water partition coefficient (Wildman–Crippen LogP) is 2.83. The van der Waals surface area contributed by atoms with Gasteiger partial charge in [0.1, 0.15) is 5.82 Å². The lowest BCUT2D eigenvalue weighted by molar-refractivity contribution is 0.628. The maximum Gasteiger partial charge on any atom is 0.125 e. The van der Waals surface area contributed by atoms with E-state index in [2.05, 4.69) is 4.98 Å². The minimum absolute atomic E-state index is 0.264. The van der Waals surface area contributed by atoms with Crippen LogP contribution >= 0.6 is 0 Å².